The third-order valence-electron chi connectivity index (χ3n) is 5.56. The van der Waals surface area contributed by atoms with Gasteiger partial charge in [-0.05, 0) is 35.0 Å². The number of ether oxygens (including phenoxy) is 1. The van der Waals surface area contributed by atoms with E-state index in [-0.39, 0.29) is 39.9 Å². The fraction of sp³-hybridized carbons (Fsp3) is 0.0800. The lowest BCUT2D eigenvalue weighted by atomic mass is 9.96. The number of benzene rings is 4. The standard InChI is InChI=1S/C25H17ClF2N2O4S/c26-17-9-14-10-22(24(17)31)35(33)30-20-11-16(18(27)12-19(20)28)23-15-4-2-1-3-13(15)5-6-21(23)34-8-7-29-25(14)32/h1-6,9-12,30-31H,7-8H2,(H,29,32). The Bertz CT molecular complexity index is 1530. The number of hydrogen-bond acceptors (Lipinski definition) is 4. The number of hydrogen-bond donors (Lipinski definition) is 3. The minimum absolute atomic E-state index is 0.0209. The quantitative estimate of drug-likeness (QED) is 0.293. The molecule has 4 aromatic rings. The van der Waals surface area contributed by atoms with Crippen molar-refractivity contribution in [2.75, 3.05) is 17.9 Å². The van der Waals surface area contributed by atoms with Crippen LogP contribution in [-0.4, -0.2) is 28.4 Å². The van der Waals surface area contributed by atoms with Gasteiger partial charge in [-0.3, -0.25) is 9.52 Å². The van der Waals surface area contributed by atoms with E-state index in [4.69, 9.17) is 16.3 Å². The monoisotopic (exact) mass is 514 g/mol. The lowest BCUT2D eigenvalue weighted by Gasteiger charge is -2.17. The summed E-state index contributed by atoms with van der Waals surface area (Å²) >= 11 is 6.03. The number of carbonyl (C=O) groups is 1. The Kier molecular flexibility index (Phi) is 6.04. The van der Waals surface area contributed by atoms with Gasteiger partial charge in [0.25, 0.3) is 5.91 Å². The molecule has 1 amide bonds. The zero-order valence-corrected chi connectivity index (χ0v) is 19.5. The highest BCUT2D eigenvalue weighted by Gasteiger charge is 2.22. The van der Waals surface area contributed by atoms with Crippen molar-refractivity contribution in [2.45, 2.75) is 4.90 Å². The van der Waals surface area contributed by atoms with Gasteiger partial charge in [0.2, 0.25) is 0 Å². The van der Waals surface area contributed by atoms with Gasteiger partial charge in [-0.1, -0.05) is 41.9 Å². The zero-order chi connectivity index (χ0) is 24.7. The number of carbonyl (C=O) groups excluding carboxylic acids is 1. The minimum atomic E-state index is -2.24. The van der Waals surface area contributed by atoms with Crippen molar-refractivity contribution in [1.82, 2.24) is 5.32 Å². The van der Waals surface area contributed by atoms with E-state index in [1.165, 1.54) is 18.2 Å². The third kappa shape index (κ3) is 4.28. The summed E-state index contributed by atoms with van der Waals surface area (Å²) in [6.07, 6.45) is 0. The Balaban J connectivity index is 1.73. The predicted octanol–water partition coefficient (Wildman–Crippen LogP) is 5.40. The Morgan fingerprint density at radius 1 is 1.03 bits per heavy atom. The molecule has 0 aromatic heterocycles. The van der Waals surface area contributed by atoms with Crippen LogP contribution in [0, 0.1) is 11.6 Å². The highest BCUT2D eigenvalue weighted by molar-refractivity contribution is 7.86. The average Bonchev–Trinajstić information content (AvgIpc) is 2.84. The van der Waals surface area contributed by atoms with E-state index in [2.05, 4.69) is 10.0 Å². The van der Waals surface area contributed by atoms with Gasteiger partial charge in [-0.15, -0.1) is 0 Å². The molecule has 0 saturated heterocycles. The van der Waals surface area contributed by atoms with Gasteiger partial charge in [0, 0.05) is 22.8 Å². The summed E-state index contributed by atoms with van der Waals surface area (Å²) in [5.41, 5.74) is 0.160. The van der Waals surface area contributed by atoms with Gasteiger partial charge >= 0.3 is 0 Å². The Morgan fingerprint density at radius 2 is 1.83 bits per heavy atom. The number of halogens is 3. The van der Waals surface area contributed by atoms with Crippen LogP contribution in [0.5, 0.6) is 11.5 Å². The molecule has 3 N–H and O–H groups in total. The maximum atomic E-state index is 15.1. The van der Waals surface area contributed by atoms with E-state index in [1.54, 1.807) is 18.2 Å². The van der Waals surface area contributed by atoms with E-state index in [9.17, 15) is 18.5 Å². The second kappa shape index (κ2) is 9.16. The van der Waals surface area contributed by atoms with Crippen molar-refractivity contribution in [3.05, 3.63) is 82.9 Å². The molecule has 0 radical (unpaired) electrons. The predicted molar refractivity (Wildman–Crippen MR) is 130 cm³/mol. The van der Waals surface area contributed by atoms with Crippen LogP contribution in [0.1, 0.15) is 10.4 Å². The molecule has 1 aliphatic heterocycles. The van der Waals surface area contributed by atoms with Gasteiger partial charge in [0.05, 0.1) is 17.3 Å². The van der Waals surface area contributed by atoms with Crippen molar-refractivity contribution in [3.8, 4) is 22.6 Å². The lowest BCUT2D eigenvalue weighted by molar-refractivity contribution is 0.0947. The molecule has 0 aliphatic carbocycles. The molecule has 6 nitrogen and oxygen atoms in total. The molecule has 35 heavy (non-hydrogen) atoms. The summed E-state index contributed by atoms with van der Waals surface area (Å²) in [6, 6.07) is 15.0. The lowest BCUT2D eigenvalue weighted by Crippen LogP contribution is -2.28. The fourth-order valence-corrected chi connectivity index (χ4v) is 5.16. The van der Waals surface area contributed by atoms with Crippen LogP contribution in [0.25, 0.3) is 21.9 Å². The molecule has 1 heterocycles. The molecule has 1 unspecified atom stereocenters. The van der Waals surface area contributed by atoms with Crippen molar-refractivity contribution in [2.24, 2.45) is 0 Å². The van der Waals surface area contributed by atoms with Gasteiger partial charge in [-0.2, -0.15) is 0 Å². The molecule has 1 aliphatic rings. The van der Waals surface area contributed by atoms with Crippen molar-refractivity contribution >= 4 is 45.0 Å². The zero-order valence-electron chi connectivity index (χ0n) is 17.9. The van der Waals surface area contributed by atoms with Crippen LogP contribution >= 0.6 is 11.6 Å². The average molecular weight is 515 g/mol. The van der Waals surface area contributed by atoms with Crippen LogP contribution in [0.4, 0.5) is 14.5 Å². The summed E-state index contributed by atoms with van der Waals surface area (Å²) < 4.78 is 51.3. The first kappa shape index (κ1) is 23.1. The Hall–Kier alpha value is -3.69. The van der Waals surface area contributed by atoms with Crippen molar-refractivity contribution in [3.63, 3.8) is 0 Å². The van der Waals surface area contributed by atoms with Crippen molar-refractivity contribution < 1.29 is 27.6 Å². The first-order valence-electron chi connectivity index (χ1n) is 10.5. The number of rotatable bonds is 0. The molecule has 0 fully saturated rings. The van der Waals surface area contributed by atoms with E-state index >= 15 is 4.39 Å². The molecule has 10 heteroatoms. The molecule has 4 aromatic carbocycles. The molecular formula is C25H17ClF2N2O4S. The van der Waals surface area contributed by atoms with E-state index < -0.39 is 34.3 Å². The number of fused-ring (bicyclic) bond motifs is 8. The molecule has 5 rings (SSSR count). The Labute approximate surface area is 206 Å². The fourth-order valence-electron chi connectivity index (χ4n) is 3.90. The van der Waals surface area contributed by atoms with Crippen LogP contribution in [0.15, 0.2) is 65.6 Å². The normalized spacial score (nSPS) is 15.7. The number of nitrogens with one attached hydrogen (secondary N) is 2. The largest absolute Gasteiger partial charge is 0.505 e. The number of anilines is 1. The molecule has 0 spiro atoms. The van der Waals surface area contributed by atoms with Crippen molar-refractivity contribution in [1.29, 1.82) is 0 Å². The van der Waals surface area contributed by atoms with Gasteiger partial charge in [-0.25, -0.2) is 13.0 Å². The van der Waals surface area contributed by atoms with Crippen LogP contribution in [0.2, 0.25) is 5.02 Å². The van der Waals surface area contributed by atoms with E-state index in [1.807, 2.05) is 18.2 Å². The number of phenolic OH excluding ortho intramolecular Hbond substituents is 1. The van der Waals surface area contributed by atoms with Crippen LogP contribution in [0.3, 0.4) is 0 Å². The van der Waals surface area contributed by atoms with E-state index in [0.29, 0.717) is 22.8 Å². The molecule has 1 atom stereocenters. The highest BCUT2D eigenvalue weighted by atomic mass is 35.5. The summed E-state index contributed by atoms with van der Waals surface area (Å²) in [5, 5.41) is 14.2. The third-order valence-corrected chi connectivity index (χ3v) is 6.96. The maximum Gasteiger partial charge on any atom is 0.251 e. The minimum Gasteiger partial charge on any atom is -0.505 e. The smallest absolute Gasteiger partial charge is 0.251 e. The number of amides is 1. The molecule has 0 saturated carbocycles. The summed E-state index contributed by atoms with van der Waals surface area (Å²) in [5.74, 6) is -2.58. The van der Waals surface area contributed by atoms with E-state index in [0.717, 1.165) is 5.39 Å². The summed E-state index contributed by atoms with van der Waals surface area (Å²) in [6.45, 7) is 0.146. The number of phenols is 1. The molecule has 4 bridgehead atoms. The van der Waals surface area contributed by atoms with Gasteiger partial charge in [0.15, 0.2) is 16.7 Å². The molecule has 178 valence electrons. The van der Waals surface area contributed by atoms with Gasteiger partial charge in [0.1, 0.15) is 28.9 Å². The van der Waals surface area contributed by atoms with Gasteiger partial charge < -0.3 is 15.2 Å². The second-order valence-corrected chi connectivity index (χ2v) is 9.34. The summed E-state index contributed by atoms with van der Waals surface area (Å²) in [4.78, 5) is 12.4. The first-order chi connectivity index (χ1) is 16.8. The first-order valence-corrected chi connectivity index (χ1v) is 12.0. The van der Waals surface area contributed by atoms with Crippen LogP contribution in [-0.2, 0) is 11.0 Å². The highest BCUT2D eigenvalue weighted by Crippen LogP contribution is 2.41. The van der Waals surface area contributed by atoms with Crippen LogP contribution < -0.4 is 14.8 Å². The Morgan fingerprint density at radius 3 is 2.66 bits per heavy atom. The summed E-state index contributed by atoms with van der Waals surface area (Å²) in [7, 11) is -2.24. The molecular weight excluding hydrogens is 498 g/mol. The second-order valence-electron chi connectivity index (χ2n) is 7.75. The topological polar surface area (TPSA) is 87.7 Å². The number of aromatic hydroxyl groups is 1. The maximum absolute atomic E-state index is 15.1. The SMILES string of the molecule is O=C1NCCOc2ccc3ccccc3c2-c2cc(c(F)cc2F)NS(=O)c2cc1cc(Cl)c2O.